The average Bonchev–Trinajstić information content (AvgIpc) is 2.40. The number of nitrogens with two attached hydrogens (primary N) is 1. The summed E-state index contributed by atoms with van der Waals surface area (Å²) in [5.74, 6) is 0.0755. The summed E-state index contributed by atoms with van der Waals surface area (Å²) in [5.41, 5.74) is 8.40. The molecule has 1 aliphatic rings. The summed E-state index contributed by atoms with van der Waals surface area (Å²) < 4.78 is 0. The minimum absolute atomic E-state index is 0.0397. The third-order valence-corrected chi connectivity index (χ3v) is 3.84. The molecule has 0 aromatic heterocycles. The van der Waals surface area contributed by atoms with Gasteiger partial charge in [-0.25, -0.2) is 0 Å². The Hall–Kier alpha value is -1.35. The summed E-state index contributed by atoms with van der Waals surface area (Å²) in [6.07, 6.45) is 3.85. The first-order chi connectivity index (χ1) is 8.74. The van der Waals surface area contributed by atoms with Crippen molar-refractivity contribution in [2.45, 2.75) is 38.6 Å². The van der Waals surface area contributed by atoms with Crippen molar-refractivity contribution in [1.82, 2.24) is 5.32 Å². The first-order valence-corrected chi connectivity index (χ1v) is 6.81. The van der Waals surface area contributed by atoms with Gasteiger partial charge in [0.25, 0.3) is 0 Å². The normalized spacial score (nSPS) is 20.0. The zero-order valence-electron chi connectivity index (χ0n) is 11.0. The molecule has 0 fully saturated rings. The summed E-state index contributed by atoms with van der Waals surface area (Å²) in [6, 6.07) is 8.76. The fourth-order valence-electron chi connectivity index (χ4n) is 2.60. The average molecular weight is 246 g/mol. The van der Waals surface area contributed by atoms with E-state index in [-0.39, 0.29) is 17.9 Å². The van der Waals surface area contributed by atoms with Gasteiger partial charge >= 0.3 is 0 Å². The van der Waals surface area contributed by atoms with Crippen LogP contribution in [0, 0.1) is 5.92 Å². The molecule has 0 bridgehead atoms. The third kappa shape index (κ3) is 2.91. The number of fused-ring (bicyclic) bond motifs is 1. The van der Waals surface area contributed by atoms with Crippen LogP contribution >= 0.6 is 0 Å². The summed E-state index contributed by atoms with van der Waals surface area (Å²) >= 11 is 0. The molecule has 0 saturated heterocycles. The smallest absolute Gasteiger partial charge is 0.224 e. The van der Waals surface area contributed by atoms with E-state index >= 15 is 0 Å². The van der Waals surface area contributed by atoms with Crippen LogP contribution in [-0.2, 0) is 17.6 Å². The Morgan fingerprint density at radius 3 is 2.83 bits per heavy atom. The maximum absolute atomic E-state index is 12.0. The predicted molar refractivity (Wildman–Crippen MR) is 73.2 cm³/mol. The lowest BCUT2D eigenvalue weighted by molar-refractivity contribution is -0.125. The number of hydrogen-bond donors (Lipinski definition) is 2. The zero-order chi connectivity index (χ0) is 13.0. The fourth-order valence-corrected chi connectivity index (χ4v) is 2.60. The molecule has 98 valence electrons. The van der Waals surface area contributed by atoms with Crippen LogP contribution in [-0.4, -0.2) is 18.5 Å². The molecule has 0 radical (unpaired) electrons. The monoisotopic (exact) mass is 246 g/mol. The van der Waals surface area contributed by atoms with Gasteiger partial charge in [-0.05, 0) is 36.8 Å². The van der Waals surface area contributed by atoms with E-state index in [9.17, 15) is 4.79 Å². The largest absolute Gasteiger partial charge is 0.353 e. The van der Waals surface area contributed by atoms with Gasteiger partial charge in [-0.2, -0.15) is 0 Å². The Kier molecular flexibility index (Phi) is 4.37. The molecule has 0 spiro atoms. The number of carbonyl (C=O) groups excluding carboxylic acids is 1. The second-order valence-electron chi connectivity index (χ2n) is 5.06. The van der Waals surface area contributed by atoms with E-state index in [0.717, 1.165) is 25.7 Å². The molecule has 1 aliphatic carbocycles. The van der Waals surface area contributed by atoms with Gasteiger partial charge in [-0.3, -0.25) is 4.79 Å². The Labute approximate surface area is 109 Å². The standard InChI is InChI=1S/C15H22N2O/c1-2-11(10-16)15(18)17-14-8-7-12-5-3-4-6-13(12)9-14/h3-6,11,14H,2,7-10,16H2,1H3,(H,17,18). The van der Waals surface area contributed by atoms with Crippen molar-refractivity contribution in [1.29, 1.82) is 0 Å². The van der Waals surface area contributed by atoms with Gasteiger partial charge in [-0.1, -0.05) is 31.2 Å². The highest BCUT2D eigenvalue weighted by Crippen LogP contribution is 2.21. The number of benzene rings is 1. The number of amides is 1. The molecule has 3 N–H and O–H groups in total. The van der Waals surface area contributed by atoms with Gasteiger partial charge in [0.05, 0.1) is 0 Å². The Balaban J connectivity index is 1.95. The lowest BCUT2D eigenvalue weighted by Crippen LogP contribution is -2.43. The summed E-state index contributed by atoms with van der Waals surface area (Å²) in [5, 5.41) is 3.14. The van der Waals surface area contributed by atoms with Crippen LogP contribution in [0.2, 0.25) is 0 Å². The SMILES string of the molecule is CCC(CN)C(=O)NC1CCc2ccccc2C1. The molecule has 1 amide bonds. The number of aryl methyl sites for hydroxylation is 1. The van der Waals surface area contributed by atoms with E-state index in [4.69, 9.17) is 5.73 Å². The molecule has 3 nitrogen and oxygen atoms in total. The highest BCUT2D eigenvalue weighted by Gasteiger charge is 2.22. The number of carbonyl (C=O) groups is 1. The molecule has 2 atom stereocenters. The Morgan fingerprint density at radius 2 is 2.17 bits per heavy atom. The van der Waals surface area contributed by atoms with Gasteiger partial charge in [0, 0.05) is 18.5 Å². The van der Waals surface area contributed by atoms with Crippen LogP contribution in [0.15, 0.2) is 24.3 Å². The minimum atomic E-state index is -0.0397. The van der Waals surface area contributed by atoms with E-state index in [1.54, 1.807) is 0 Å². The molecule has 2 unspecified atom stereocenters. The molecule has 18 heavy (non-hydrogen) atoms. The first kappa shape index (κ1) is 13.1. The van der Waals surface area contributed by atoms with E-state index in [1.807, 2.05) is 6.92 Å². The van der Waals surface area contributed by atoms with Crippen molar-refractivity contribution in [2.75, 3.05) is 6.54 Å². The van der Waals surface area contributed by atoms with Crippen LogP contribution in [0.4, 0.5) is 0 Å². The predicted octanol–water partition coefficient (Wildman–Crippen LogP) is 1.65. The topological polar surface area (TPSA) is 55.1 Å². The molecular formula is C15H22N2O. The van der Waals surface area contributed by atoms with Gasteiger partial charge in [-0.15, -0.1) is 0 Å². The Bertz CT molecular complexity index is 413. The van der Waals surface area contributed by atoms with E-state index in [0.29, 0.717) is 6.54 Å². The number of rotatable bonds is 4. The molecule has 2 rings (SSSR count). The minimum Gasteiger partial charge on any atom is -0.353 e. The van der Waals surface area contributed by atoms with Crippen molar-refractivity contribution in [3.05, 3.63) is 35.4 Å². The van der Waals surface area contributed by atoms with Crippen LogP contribution in [0.5, 0.6) is 0 Å². The van der Waals surface area contributed by atoms with Crippen molar-refractivity contribution in [3.8, 4) is 0 Å². The highest BCUT2D eigenvalue weighted by atomic mass is 16.1. The van der Waals surface area contributed by atoms with Crippen molar-refractivity contribution in [3.63, 3.8) is 0 Å². The van der Waals surface area contributed by atoms with Crippen LogP contribution < -0.4 is 11.1 Å². The van der Waals surface area contributed by atoms with Crippen LogP contribution in [0.3, 0.4) is 0 Å². The summed E-state index contributed by atoms with van der Waals surface area (Å²) in [7, 11) is 0. The van der Waals surface area contributed by atoms with Gasteiger partial charge in [0.1, 0.15) is 0 Å². The number of hydrogen-bond acceptors (Lipinski definition) is 2. The third-order valence-electron chi connectivity index (χ3n) is 3.84. The second kappa shape index (κ2) is 6.01. The maximum Gasteiger partial charge on any atom is 0.224 e. The van der Waals surface area contributed by atoms with Crippen LogP contribution in [0.25, 0.3) is 0 Å². The number of nitrogens with one attached hydrogen (secondary N) is 1. The van der Waals surface area contributed by atoms with Gasteiger partial charge in [0.15, 0.2) is 0 Å². The lowest BCUT2D eigenvalue weighted by atomic mass is 9.88. The van der Waals surface area contributed by atoms with Gasteiger partial charge < -0.3 is 11.1 Å². The summed E-state index contributed by atoms with van der Waals surface area (Å²) in [6.45, 7) is 2.44. The highest BCUT2D eigenvalue weighted by molar-refractivity contribution is 5.79. The van der Waals surface area contributed by atoms with E-state index < -0.39 is 0 Å². The quantitative estimate of drug-likeness (QED) is 0.848. The molecule has 0 heterocycles. The molecule has 1 aromatic carbocycles. The van der Waals surface area contributed by atoms with Gasteiger partial charge in [0.2, 0.25) is 5.91 Å². The first-order valence-electron chi connectivity index (χ1n) is 6.81. The zero-order valence-corrected chi connectivity index (χ0v) is 11.0. The molecule has 1 aromatic rings. The molecule has 3 heteroatoms. The van der Waals surface area contributed by atoms with Crippen molar-refractivity contribution in [2.24, 2.45) is 11.7 Å². The van der Waals surface area contributed by atoms with E-state index in [2.05, 4.69) is 29.6 Å². The lowest BCUT2D eigenvalue weighted by Gasteiger charge is -2.27. The van der Waals surface area contributed by atoms with Crippen molar-refractivity contribution < 1.29 is 4.79 Å². The molecule has 0 aliphatic heterocycles. The maximum atomic E-state index is 12.0. The Morgan fingerprint density at radius 1 is 1.44 bits per heavy atom. The van der Waals surface area contributed by atoms with Crippen LogP contribution in [0.1, 0.15) is 30.9 Å². The molecule has 0 saturated carbocycles. The fraction of sp³-hybridized carbons (Fsp3) is 0.533. The summed E-state index contributed by atoms with van der Waals surface area (Å²) in [4.78, 5) is 12.0. The second-order valence-corrected chi connectivity index (χ2v) is 5.06. The van der Waals surface area contributed by atoms with Crippen molar-refractivity contribution >= 4 is 5.91 Å². The van der Waals surface area contributed by atoms with E-state index in [1.165, 1.54) is 11.1 Å². The molecular weight excluding hydrogens is 224 g/mol.